The predicted molar refractivity (Wildman–Crippen MR) is 99.4 cm³/mol. The van der Waals surface area contributed by atoms with Crippen molar-refractivity contribution in [3.05, 3.63) is 54.6 Å². The summed E-state index contributed by atoms with van der Waals surface area (Å²) in [6.07, 6.45) is 1.19. The molecule has 3 heterocycles. The summed E-state index contributed by atoms with van der Waals surface area (Å²) in [4.78, 5) is 2.43. The zero-order valence-electron chi connectivity index (χ0n) is 13.9. The van der Waals surface area contributed by atoms with E-state index in [0.29, 0.717) is 18.6 Å². The average Bonchev–Trinajstić information content (AvgIpc) is 3.26. The fourth-order valence-electron chi connectivity index (χ4n) is 4.09. The number of anilines is 2. The van der Waals surface area contributed by atoms with Gasteiger partial charge in [-0.15, -0.1) is 0 Å². The van der Waals surface area contributed by atoms with Crippen LogP contribution in [0, 0.1) is 0 Å². The minimum absolute atomic E-state index is 0.352. The third kappa shape index (κ3) is 2.65. The number of hydrogen-bond acceptors (Lipinski definition) is 4. The van der Waals surface area contributed by atoms with Gasteiger partial charge in [0.1, 0.15) is 5.75 Å². The molecule has 5 nitrogen and oxygen atoms in total. The molecule has 1 N–H and O–H groups in total. The molecule has 25 heavy (non-hydrogen) atoms. The number of piperazine rings is 1. The predicted octanol–water partition coefficient (Wildman–Crippen LogP) is 2.25. The fraction of sp³-hybridized carbons (Fsp3) is 0.368. The van der Waals surface area contributed by atoms with Crippen molar-refractivity contribution in [2.45, 2.75) is 23.9 Å². The summed E-state index contributed by atoms with van der Waals surface area (Å²) in [5.41, 5.74) is 1.45. The van der Waals surface area contributed by atoms with Gasteiger partial charge in [-0.05, 0) is 30.7 Å². The summed E-state index contributed by atoms with van der Waals surface area (Å²) in [5.74, 6) is 0.804. The molecule has 0 amide bonds. The molecule has 4 unspecified atom stereocenters. The Kier molecular flexibility index (Phi) is 3.77. The lowest BCUT2D eigenvalue weighted by molar-refractivity contribution is 0.160. The lowest BCUT2D eigenvalue weighted by Gasteiger charge is -2.37. The molecule has 2 bridgehead atoms. The van der Waals surface area contributed by atoms with Crippen LogP contribution in [0.15, 0.2) is 54.6 Å². The van der Waals surface area contributed by atoms with Crippen LogP contribution >= 0.6 is 0 Å². The van der Waals surface area contributed by atoms with Gasteiger partial charge in [-0.3, -0.25) is 9.21 Å². The van der Waals surface area contributed by atoms with Crippen molar-refractivity contribution in [2.24, 2.45) is 0 Å². The third-order valence-corrected chi connectivity index (χ3v) is 6.75. The zero-order valence-corrected chi connectivity index (χ0v) is 14.7. The zero-order chi connectivity index (χ0) is 16.8. The maximum atomic E-state index is 13.4. The van der Waals surface area contributed by atoms with Gasteiger partial charge in [0.05, 0.1) is 11.4 Å². The standard InChI is InChI=1S/C19H21N3O2S/c23-25-19(13-21-12-14-10-16(21)11-20-14)24-18-9-5-4-8-17(18)22(25)15-6-2-1-3-7-15/h1-9,14,16,19-20H,10-13H2. The van der Waals surface area contributed by atoms with E-state index >= 15 is 0 Å². The molecule has 2 saturated heterocycles. The highest BCUT2D eigenvalue weighted by molar-refractivity contribution is 7.87. The lowest BCUT2D eigenvalue weighted by Crippen LogP contribution is -2.50. The quantitative estimate of drug-likeness (QED) is 0.917. The molecule has 2 fully saturated rings. The maximum absolute atomic E-state index is 13.4. The van der Waals surface area contributed by atoms with Gasteiger partial charge < -0.3 is 10.1 Å². The van der Waals surface area contributed by atoms with E-state index in [9.17, 15) is 4.21 Å². The first-order valence-electron chi connectivity index (χ1n) is 8.78. The second kappa shape index (κ2) is 6.12. The van der Waals surface area contributed by atoms with Crippen LogP contribution in [-0.2, 0) is 11.0 Å². The molecule has 0 radical (unpaired) electrons. The Morgan fingerprint density at radius 3 is 2.68 bits per heavy atom. The maximum Gasteiger partial charge on any atom is 0.205 e. The summed E-state index contributed by atoms with van der Waals surface area (Å²) in [6, 6.07) is 18.9. The minimum atomic E-state index is -1.28. The molecular weight excluding hydrogens is 334 g/mol. The summed E-state index contributed by atoms with van der Waals surface area (Å²) in [6.45, 7) is 2.75. The van der Waals surface area contributed by atoms with E-state index in [1.807, 2.05) is 58.9 Å². The van der Waals surface area contributed by atoms with E-state index in [2.05, 4.69) is 10.2 Å². The number of rotatable bonds is 3. The number of likely N-dealkylation sites (tertiary alicyclic amines) is 1. The lowest BCUT2D eigenvalue weighted by atomic mass is 10.2. The van der Waals surface area contributed by atoms with Gasteiger partial charge in [-0.2, -0.15) is 0 Å². The molecule has 5 rings (SSSR count). The Balaban J connectivity index is 1.47. The highest BCUT2D eigenvalue weighted by Gasteiger charge is 2.42. The number of ether oxygens (including phenoxy) is 1. The van der Waals surface area contributed by atoms with Crippen LogP contribution in [0.25, 0.3) is 0 Å². The monoisotopic (exact) mass is 355 g/mol. The van der Waals surface area contributed by atoms with Crippen LogP contribution in [0.1, 0.15) is 6.42 Å². The Morgan fingerprint density at radius 2 is 1.92 bits per heavy atom. The van der Waals surface area contributed by atoms with Crippen molar-refractivity contribution in [1.82, 2.24) is 10.2 Å². The molecule has 0 aromatic heterocycles. The Bertz CT molecular complexity index is 800. The van der Waals surface area contributed by atoms with Crippen molar-refractivity contribution in [3.8, 4) is 5.75 Å². The molecule has 0 saturated carbocycles. The largest absolute Gasteiger partial charge is 0.472 e. The Morgan fingerprint density at radius 1 is 1.12 bits per heavy atom. The van der Waals surface area contributed by atoms with Gasteiger partial charge in [0.2, 0.25) is 5.44 Å². The van der Waals surface area contributed by atoms with Crippen molar-refractivity contribution in [2.75, 3.05) is 23.9 Å². The van der Waals surface area contributed by atoms with E-state index in [4.69, 9.17) is 4.74 Å². The van der Waals surface area contributed by atoms with Crippen LogP contribution in [0.5, 0.6) is 5.75 Å². The molecule has 0 aliphatic carbocycles. The van der Waals surface area contributed by atoms with Crippen LogP contribution in [-0.4, -0.2) is 46.3 Å². The molecule has 2 aromatic carbocycles. The van der Waals surface area contributed by atoms with Gasteiger partial charge in [-0.25, -0.2) is 4.21 Å². The van der Waals surface area contributed by atoms with Gasteiger partial charge in [0.25, 0.3) is 0 Å². The van der Waals surface area contributed by atoms with E-state index in [1.165, 1.54) is 6.42 Å². The molecule has 4 atom stereocenters. The van der Waals surface area contributed by atoms with Crippen LogP contribution < -0.4 is 14.4 Å². The number of fused-ring (bicyclic) bond motifs is 3. The van der Waals surface area contributed by atoms with Gasteiger partial charge in [0.15, 0.2) is 11.0 Å². The van der Waals surface area contributed by atoms with E-state index in [1.54, 1.807) is 0 Å². The summed E-state index contributed by atoms with van der Waals surface area (Å²) >= 11 is 0. The Labute approximate surface area is 150 Å². The normalized spacial score (nSPS) is 31.0. The van der Waals surface area contributed by atoms with Crippen molar-refractivity contribution >= 4 is 22.4 Å². The van der Waals surface area contributed by atoms with Crippen molar-refractivity contribution < 1.29 is 8.95 Å². The molecule has 3 aliphatic rings. The number of nitrogens with one attached hydrogen (secondary N) is 1. The average molecular weight is 355 g/mol. The van der Waals surface area contributed by atoms with E-state index < -0.39 is 11.0 Å². The first-order chi connectivity index (χ1) is 12.3. The number of benzene rings is 2. The topological polar surface area (TPSA) is 44.8 Å². The summed E-state index contributed by atoms with van der Waals surface area (Å²) in [5, 5.41) is 3.52. The molecule has 2 aromatic rings. The number of hydrogen-bond donors (Lipinski definition) is 1. The molecular formula is C19H21N3O2S. The van der Waals surface area contributed by atoms with Gasteiger partial charge in [-0.1, -0.05) is 30.3 Å². The first kappa shape index (κ1) is 15.4. The second-order valence-electron chi connectivity index (χ2n) is 6.87. The van der Waals surface area contributed by atoms with Crippen LogP contribution in [0.3, 0.4) is 0 Å². The third-order valence-electron chi connectivity index (χ3n) is 5.29. The SMILES string of the molecule is O=S1C(CN2CC3CC2CN3)Oc2ccccc2N1c1ccccc1. The first-order valence-corrected chi connectivity index (χ1v) is 9.95. The second-order valence-corrected chi connectivity index (χ2v) is 8.31. The van der Waals surface area contributed by atoms with Gasteiger partial charge >= 0.3 is 0 Å². The fourth-order valence-corrected chi connectivity index (χ4v) is 5.51. The molecule has 3 aliphatic heterocycles. The highest BCUT2D eigenvalue weighted by Crippen LogP contribution is 2.40. The van der Waals surface area contributed by atoms with E-state index in [0.717, 1.165) is 30.2 Å². The van der Waals surface area contributed by atoms with Gasteiger partial charge in [0, 0.05) is 31.7 Å². The number of para-hydroxylation sites is 3. The highest BCUT2D eigenvalue weighted by atomic mass is 32.2. The summed E-state index contributed by atoms with van der Waals surface area (Å²) < 4.78 is 21.4. The summed E-state index contributed by atoms with van der Waals surface area (Å²) in [7, 11) is -1.28. The van der Waals surface area contributed by atoms with Crippen LogP contribution in [0.4, 0.5) is 11.4 Å². The smallest absolute Gasteiger partial charge is 0.205 e. The van der Waals surface area contributed by atoms with Crippen LogP contribution in [0.2, 0.25) is 0 Å². The molecule has 130 valence electrons. The van der Waals surface area contributed by atoms with E-state index in [-0.39, 0.29) is 5.44 Å². The van der Waals surface area contributed by atoms with Crippen molar-refractivity contribution in [3.63, 3.8) is 0 Å². The Hall–Kier alpha value is -1.89. The number of nitrogens with zero attached hydrogens (tertiary/aromatic N) is 2. The van der Waals surface area contributed by atoms with Crippen molar-refractivity contribution in [1.29, 1.82) is 0 Å². The minimum Gasteiger partial charge on any atom is -0.472 e. The molecule has 0 spiro atoms. The molecule has 6 heteroatoms.